The van der Waals surface area contributed by atoms with Crippen LogP contribution in [-0.2, 0) is 0 Å². The van der Waals surface area contributed by atoms with Crippen LogP contribution in [-0.4, -0.2) is 20.5 Å². The zero-order valence-corrected chi connectivity index (χ0v) is 10.4. The molecule has 0 saturated heterocycles. The molecule has 0 unspecified atom stereocenters. The van der Waals surface area contributed by atoms with Crippen LogP contribution in [0.5, 0.6) is 5.75 Å². The van der Waals surface area contributed by atoms with Crippen molar-refractivity contribution in [3.63, 3.8) is 0 Å². The van der Waals surface area contributed by atoms with Gasteiger partial charge in [-0.2, -0.15) is 15.4 Å². The van der Waals surface area contributed by atoms with E-state index in [2.05, 4.69) is 15.4 Å². The molecule has 2 N–H and O–H groups in total. The summed E-state index contributed by atoms with van der Waals surface area (Å²) in [5.41, 5.74) is 3.93. The molecule has 0 atom stereocenters. The van der Waals surface area contributed by atoms with Crippen LogP contribution in [0.25, 0.3) is 22.2 Å². The van der Waals surface area contributed by atoms with E-state index in [1.165, 1.54) is 0 Å². The highest BCUT2D eigenvalue weighted by Crippen LogP contribution is 2.36. The summed E-state index contributed by atoms with van der Waals surface area (Å²) in [5.74, 6) is 0.199. The van der Waals surface area contributed by atoms with Gasteiger partial charge in [0.05, 0.1) is 5.02 Å². The molecule has 5 heteroatoms. The quantitative estimate of drug-likeness (QED) is 0.705. The number of aromatic nitrogens is 3. The fraction of sp³-hybridized carbons (Fsp3) is 0.0769. The lowest BCUT2D eigenvalue weighted by atomic mass is 10.0. The third kappa shape index (κ3) is 1.71. The van der Waals surface area contributed by atoms with Gasteiger partial charge in [-0.15, -0.1) is 0 Å². The Morgan fingerprint density at radius 2 is 1.78 bits per heavy atom. The van der Waals surface area contributed by atoms with Gasteiger partial charge >= 0.3 is 0 Å². The smallest absolute Gasteiger partial charge is 0.123 e. The number of aromatic hydroxyl groups is 1. The number of halogens is 1. The summed E-state index contributed by atoms with van der Waals surface area (Å²) in [7, 11) is 0. The first-order valence-corrected chi connectivity index (χ1v) is 5.83. The standard InChI is InChI=1S/C13H10ClN3O/c1-7-2-3-13(18)9(4-7)8-5-11-12(6-10(8)14)16-17-15-11/h2-6,18H,1H3,(H,15,16,17). The lowest BCUT2D eigenvalue weighted by Gasteiger charge is -2.08. The number of hydrogen-bond donors (Lipinski definition) is 2. The molecule has 0 bridgehead atoms. The van der Waals surface area contributed by atoms with Crippen LogP contribution in [0.2, 0.25) is 5.02 Å². The Balaban J connectivity index is 2.29. The summed E-state index contributed by atoms with van der Waals surface area (Å²) >= 11 is 6.23. The molecule has 3 rings (SSSR count). The summed E-state index contributed by atoms with van der Waals surface area (Å²) in [4.78, 5) is 0. The van der Waals surface area contributed by atoms with Crippen LogP contribution in [0, 0.1) is 6.92 Å². The zero-order valence-electron chi connectivity index (χ0n) is 9.61. The number of phenolic OH excluding ortho intramolecular Hbond substituents is 1. The Morgan fingerprint density at radius 1 is 1.06 bits per heavy atom. The molecule has 90 valence electrons. The van der Waals surface area contributed by atoms with E-state index >= 15 is 0 Å². The molecule has 0 aliphatic heterocycles. The van der Waals surface area contributed by atoms with Gasteiger partial charge in [-0.3, -0.25) is 0 Å². The van der Waals surface area contributed by atoms with Crippen molar-refractivity contribution in [2.75, 3.05) is 0 Å². The van der Waals surface area contributed by atoms with Crippen molar-refractivity contribution in [3.8, 4) is 16.9 Å². The summed E-state index contributed by atoms with van der Waals surface area (Å²) in [5, 5.41) is 21.0. The van der Waals surface area contributed by atoms with Gasteiger partial charge in [-0.25, -0.2) is 0 Å². The Bertz CT molecular complexity index is 736. The summed E-state index contributed by atoms with van der Waals surface area (Å²) in [6, 6.07) is 8.95. The monoisotopic (exact) mass is 259 g/mol. The maximum absolute atomic E-state index is 9.93. The van der Waals surface area contributed by atoms with Crippen molar-refractivity contribution in [2.24, 2.45) is 0 Å². The van der Waals surface area contributed by atoms with Gasteiger partial charge < -0.3 is 5.11 Å². The van der Waals surface area contributed by atoms with Crippen molar-refractivity contribution in [1.29, 1.82) is 0 Å². The predicted molar refractivity (Wildman–Crippen MR) is 70.7 cm³/mol. The van der Waals surface area contributed by atoms with Crippen molar-refractivity contribution < 1.29 is 5.11 Å². The van der Waals surface area contributed by atoms with Crippen molar-refractivity contribution in [1.82, 2.24) is 15.4 Å². The second kappa shape index (κ2) is 3.99. The molecule has 2 aromatic carbocycles. The second-order valence-corrected chi connectivity index (χ2v) is 4.57. The molecular weight excluding hydrogens is 250 g/mol. The fourth-order valence-electron chi connectivity index (χ4n) is 1.94. The molecule has 3 aromatic rings. The van der Waals surface area contributed by atoms with E-state index in [0.717, 1.165) is 16.6 Å². The highest BCUT2D eigenvalue weighted by molar-refractivity contribution is 6.34. The molecular formula is C13H10ClN3O. The molecule has 1 heterocycles. The number of aryl methyl sites for hydroxylation is 1. The zero-order chi connectivity index (χ0) is 12.7. The van der Waals surface area contributed by atoms with Gasteiger partial charge in [-0.1, -0.05) is 23.2 Å². The topological polar surface area (TPSA) is 61.8 Å². The number of nitrogens with zero attached hydrogens (tertiary/aromatic N) is 2. The van der Waals surface area contributed by atoms with Crippen molar-refractivity contribution in [3.05, 3.63) is 40.9 Å². The average molecular weight is 260 g/mol. The minimum atomic E-state index is 0.199. The predicted octanol–water partition coefficient (Wildman–Crippen LogP) is 3.29. The molecule has 4 nitrogen and oxygen atoms in total. The minimum absolute atomic E-state index is 0.199. The number of H-pyrrole nitrogens is 1. The Hall–Kier alpha value is -2.07. The normalized spacial score (nSPS) is 11.0. The minimum Gasteiger partial charge on any atom is -0.507 e. The van der Waals surface area contributed by atoms with E-state index in [0.29, 0.717) is 16.1 Å². The van der Waals surface area contributed by atoms with Gasteiger partial charge in [-0.05, 0) is 31.2 Å². The van der Waals surface area contributed by atoms with Crippen LogP contribution in [0.4, 0.5) is 0 Å². The summed E-state index contributed by atoms with van der Waals surface area (Å²) in [6.45, 7) is 1.96. The molecule has 0 aliphatic rings. The number of fused-ring (bicyclic) bond motifs is 1. The molecule has 18 heavy (non-hydrogen) atoms. The number of benzene rings is 2. The molecule has 1 aromatic heterocycles. The largest absolute Gasteiger partial charge is 0.507 e. The van der Waals surface area contributed by atoms with Gasteiger partial charge in [0, 0.05) is 11.1 Å². The van der Waals surface area contributed by atoms with E-state index < -0.39 is 0 Å². The van der Waals surface area contributed by atoms with Crippen LogP contribution in [0.1, 0.15) is 5.56 Å². The lowest BCUT2D eigenvalue weighted by Crippen LogP contribution is -1.84. The van der Waals surface area contributed by atoms with E-state index in [1.54, 1.807) is 12.1 Å². The SMILES string of the molecule is Cc1ccc(O)c(-c2cc3n[nH]nc3cc2Cl)c1. The number of hydrogen-bond acceptors (Lipinski definition) is 3. The molecule has 0 fully saturated rings. The highest BCUT2D eigenvalue weighted by atomic mass is 35.5. The van der Waals surface area contributed by atoms with Gasteiger partial charge in [0.2, 0.25) is 0 Å². The van der Waals surface area contributed by atoms with Crippen molar-refractivity contribution >= 4 is 22.6 Å². The Kier molecular flexibility index (Phi) is 2.45. The van der Waals surface area contributed by atoms with E-state index in [4.69, 9.17) is 11.6 Å². The summed E-state index contributed by atoms with van der Waals surface area (Å²) in [6.07, 6.45) is 0. The van der Waals surface area contributed by atoms with E-state index in [1.807, 2.05) is 25.1 Å². The van der Waals surface area contributed by atoms with Crippen LogP contribution in [0.15, 0.2) is 30.3 Å². The van der Waals surface area contributed by atoms with Gasteiger partial charge in [0.1, 0.15) is 16.8 Å². The summed E-state index contributed by atoms with van der Waals surface area (Å²) < 4.78 is 0. The number of rotatable bonds is 1. The third-order valence-electron chi connectivity index (χ3n) is 2.85. The van der Waals surface area contributed by atoms with Crippen LogP contribution in [0.3, 0.4) is 0 Å². The maximum atomic E-state index is 9.93. The first-order valence-electron chi connectivity index (χ1n) is 5.45. The maximum Gasteiger partial charge on any atom is 0.123 e. The van der Waals surface area contributed by atoms with E-state index in [-0.39, 0.29) is 5.75 Å². The first kappa shape index (κ1) is 11.0. The number of aromatic amines is 1. The van der Waals surface area contributed by atoms with E-state index in [9.17, 15) is 5.11 Å². The molecule has 0 saturated carbocycles. The van der Waals surface area contributed by atoms with Crippen LogP contribution < -0.4 is 0 Å². The number of phenols is 1. The first-order chi connectivity index (χ1) is 8.65. The third-order valence-corrected chi connectivity index (χ3v) is 3.16. The van der Waals surface area contributed by atoms with Gasteiger partial charge in [0.15, 0.2) is 0 Å². The average Bonchev–Trinajstić information content (AvgIpc) is 2.78. The van der Waals surface area contributed by atoms with Crippen molar-refractivity contribution in [2.45, 2.75) is 6.92 Å². The molecule has 0 radical (unpaired) electrons. The molecule has 0 amide bonds. The fourth-order valence-corrected chi connectivity index (χ4v) is 2.19. The Morgan fingerprint density at radius 3 is 2.56 bits per heavy atom. The highest BCUT2D eigenvalue weighted by Gasteiger charge is 2.11. The van der Waals surface area contributed by atoms with Gasteiger partial charge in [0.25, 0.3) is 0 Å². The molecule has 0 spiro atoms. The lowest BCUT2D eigenvalue weighted by molar-refractivity contribution is 0.477. The van der Waals surface area contributed by atoms with Crippen LogP contribution >= 0.6 is 11.6 Å². The Labute approximate surface area is 108 Å². The molecule has 0 aliphatic carbocycles. The second-order valence-electron chi connectivity index (χ2n) is 4.16. The number of nitrogens with one attached hydrogen (secondary N) is 1.